The van der Waals surface area contributed by atoms with E-state index in [4.69, 9.17) is 0 Å². The Kier molecular flexibility index (Phi) is 6.10. The normalized spacial score (nSPS) is 13.6. The number of hydrogen-bond acceptors (Lipinski definition) is 4. The molecule has 22 heavy (non-hydrogen) atoms. The molecule has 2 aromatic rings. The Labute approximate surface area is 135 Å². The minimum Gasteiger partial charge on any atom is -0.393 e. The minimum absolute atomic E-state index is 0.0938. The van der Waals surface area contributed by atoms with Gasteiger partial charge in [0.2, 0.25) is 0 Å². The molecular weight excluding hydrogens is 296 g/mol. The number of rotatable bonds is 7. The van der Waals surface area contributed by atoms with Gasteiger partial charge in [-0.15, -0.1) is 11.3 Å². The maximum absolute atomic E-state index is 12.2. The van der Waals surface area contributed by atoms with Gasteiger partial charge in [0.05, 0.1) is 17.3 Å². The molecule has 0 aliphatic carbocycles. The molecule has 4 nitrogen and oxygen atoms in total. The third kappa shape index (κ3) is 4.64. The zero-order valence-electron chi connectivity index (χ0n) is 13.0. The summed E-state index contributed by atoms with van der Waals surface area (Å²) in [4.78, 5) is 17.0. The molecule has 118 valence electrons. The van der Waals surface area contributed by atoms with E-state index >= 15 is 0 Å². The van der Waals surface area contributed by atoms with Crippen molar-refractivity contribution in [2.24, 2.45) is 0 Å². The molecule has 0 saturated carbocycles. The van der Waals surface area contributed by atoms with Gasteiger partial charge in [0.25, 0.3) is 5.91 Å². The van der Waals surface area contributed by atoms with Gasteiger partial charge in [-0.1, -0.05) is 37.3 Å². The Hall–Kier alpha value is -1.72. The lowest BCUT2D eigenvalue weighted by molar-refractivity contribution is 0.0949. The van der Waals surface area contributed by atoms with E-state index in [9.17, 15) is 9.90 Å². The number of aliphatic hydroxyl groups is 1. The number of nitrogens with zero attached hydrogens (tertiary/aromatic N) is 1. The largest absolute Gasteiger partial charge is 0.393 e. The van der Waals surface area contributed by atoms with E-state index < -0.39 is 6.10 Å². The maximum Gasteiger partial charge on any atom is 0.263 e. The first-order valence-electron chi connectivity index (χ1n) is 7.56. The molecule has 0 aliphatic rings. The Morgan fingerprint density at radius 1 is 1.36 bits per heavy atom. The molecule has 0 saturated heterocycles. The van der Waals surface area contributed by atoms with Crippen molar-refractivity contribution in [1.82, 2.24) is 10.3 Å². The number of carbonyl (C=O) groups is 1. The van der Waals surface area contributed by atoms with Crippen LogP contribution >= 0.6 is 11.3 Å². The van der Waals surface area contributed by atoms with Crippen molar-refractivity contribution in [1.29, 1.82) is 0 Å². The van der Waals surface area contributed by atoms with Crippen molar-refractivity contribution < 1.29 is 9.90 Å². The smallest absolute Gasteiger partial charge is 0.263 e. The highest BCUT2D eigenvalue weighted by Gasteiger charge is 2.17. The quantitative estimate of drug-likeness (QED) is 0.825. The van der Waals surface area contributed by atoms with Crippen molar-refractivity contribution >= 4 is 17.2 Å². The number of nitrogens with one attached hydrogen (secondary N) is 1. The number of aryl methyl sites for hydroxylation is 1. The first-order valence-corrected chi connectivity index (χ1v) is 8.37. The number of hydrogen-bond donors (Lipinski definition) is 2. The zero-order valence-corrected chi connectivity index (χ0v) is 13.8. The molecule has 1 heterocycles. The van der Waals surface area contributed by atoms with Crippen LogP contribution in [0.3, 0.4) is 0 Å². The Morgan fingerprint density at radius 3 is 2.68 bits per heavy atom. The van der Waals surface area contributed by atoms with Crippen molar-refractivity contribution in [3.63, 3.8) is 0 Å². The van der Waals surface area contributed by atoms with Crippen LogP contribution in [0.15, 0.2) is 36.5 Å². The van der Waals surface area contributed by atoms with Gasteiger partial charge >= 0.3 is 0 Å². The molecule has 0 aliphatic heterocycles. The van der Waals surface area contributed by atoms with Crippen molar-refractivity contribution in [2.75, 3.05) is 6.54 Å². The van der Waals surface area contributed by atoms with E-state index in [1.807, 2.05) is 37.3 Å². The molecule has 0 radical (unpaired) electrons. The van der Waals surface area contributed by atoms with Crippen molar-refractivity contribution in [3.8, 4) is 0 Å². The van der Waals surface area contributed by atoms with Gasteiger partial charge in [0.15, 0.2) is 0 Å². The molecule has 5 heteroatoms. The molecule has 0 spiro atoms. The molecule has 2 atom stereocenters. The SMILES string of the molecule is CCc1ncc(C(=O)NCC(CC(C)O)c2ccccc2)s1. The predicted octanol–water partition coefficient (Wildman–Crippen LogP) is 2.99. The second-order valence-electron chi connectivity index (χ2n) is 5.37. The molecular formula is C17H22N2O2S. The average molecular weight is 318 g/mol. The minimum atomic E-state index is -0.405. The second-order valence-corrected chi connectivity index (χ2v) is 6.49. The van der Waals surface area contributed by atoms with E-state index in [-0.39, 0.29) is 11.8 Å². The molecule has 1 amide bonds. The summed E-state index contributed by atoms with van der Waals surface area (Å²) in [6, 6.07) is 9.97. The van der Waals surface area contributed by atoms with Crippen LogP contribution in [-0.2, 0) is 6.42 Å². The van der Waals surface area contributed by atoms with Crippen molar-refractivity contribution in [3.05, 3.63) is 52.0 Å². The number of thiazole rings is 1. The van der Waals surface area contributed by atoms with Crippen LogP contribution in [0, 0.1) is 0 Å². The van der Waals surface area contributed by atoms with Gasteiger partial charge in [0.1, 0.15) is 4.88 Å². The highest BCUT2D eigenvalue weighted by molar-refractivity contribution is 7.13. The lowest BCUT2D eigenvalue weighted by Gasteiger charge is -2.19. The lowest BCUT2D eigenvalue weighted by Crippen LogP contribution is -2.29. The van der Waals surface area contributed by atoms with Crippen LogP contribution in [0.4, 0.5) is 0 Å². The molecule has 1 aromatic heterocycles. The molecule has 0 bridgehead atoms. The molecule has 2 unspecified atom stereocenters. The van der Waals surface area contributed by atoms with Crippen LogP contribution < -0.4 is 5.32 Å². The fourth-order valence-electron chi connectivity index (χ4n) is 2.36. The average Bonchev–Trinajstić information content (AvgIpc) is 3.01. The Morgan fingerprint density at radius 2 is 2.09 bits per heavy atom. The molecule has 2 rings (SSSR count). The number of amides is 1. The Bertz CT molecular complexity index is 596. The van der Waals surface area contributed by atoms with Gasteiger partial charge in [-0.2, -0.15) is 0 Å². The monoisotopic (exact) mass is 318 g/mol. The van der Waals surface area contributed by atoms with Crippen molar-refractivity contribution in [2.45, 2.75) is 38.7 Å². The van der Waals surface area contributed by atoms with Crippen LogP contribution in [0.1, 0.15) is 46.4 Å². The van der Waals surface area contributed by atoms with Crippen LogP contribution in [-0.4, -0.2) is 28.6 Å². The van der Waals surface area contributed by atoms with Gasteiger partial charge in [0, 0.05) is 12.5 Å². The van der Waals surface area contributed by atoms with Gasteiger partial charge in [-0.25, -0.2) is 4.98 Å². The van der Waals surface area contributed by atoms with Crippen LogP contribution in [0.5, 0.6) is 0 Å². The summed E-state index contributed by atoms with van der Waals surface area (Å²) in [5.41, 5.74) is 1.13. The standard InChI is InChI=1S/C17H22N2O2S/c1-3-16-18-11-15(22-16)17(21)19-10-14(9-12(2)20)13-7-5-4-6-8-13/h4-8,11-12,14,20H,3,9-10H2,1-2H3,(H,19,21). The maximum atomic E-state index is 12.2. The van der Waals surface area contributed by atoms with Gasteiger partial charge < -0.3 is 10.4 Å². The predicted molar refractivity (Wildman–Crippen MR) is 89.3 cm³/mol. The van der Waals surface area contributed by atoms with Gasteiger partial charge in [-0.3, -0.25) is 4.79 Å². The zero-order chi connectivity index (χ0) is 15.9. The van der Waals surface area contributed by atoms with Crippen LogP contribution in [0.25, 0.3) is 0 Å². The summed E-state index contributed by atoms with van der Waals surface area (Å²) in [5, 5.41) is 13.6. The number of benzene rings is 1. The van der Waals surface area contributed by atoms with E-state index in [1.165, 1.54) is 11.3 Å². The molecule has 0 fully saturated rings. The van der Waals surface area contributed by atoms with Gasteiger partial charge in [-0.05, 0) is 25.3 Å². The van der Waals surface area contributed by atoms with E-state index in [0.29, 0.717) is 17.8 Å². The highest BCUT2D eigenvalue weighted by atomic mass is 32.1. The molecule has 2 N–H and O–H groups in total. The number of carbonyl (C=O) groups excluding carboxylic acids is 1. The Balaban J connectivity index is 2.00. The van der Waals surface area contributed by atoms with E-state index in [0.717, 1.165) is 17.0 Å². The number of aromatic nitrogens is 1. The first-order chi connectivity index (χ1) is 10.6. The van der Waals surface area contributed by atoms with Crippen LogP contribution in [0.2, 0.25) is 0 Å². The summed E-state index contributed by atoms with van der Waals surface area (Å²) in [6.07, 6.45) is 2.68. The first kappa shape index (κ1) is 16.6. The summed E-state index contributed by atoms with van der Waals surface area (Å²) in [7, 11) is 0. The summed E-state index contributed by atoms with van der Waals surface area (Å²) >= 11 is 1.43. The third-order valence-corrected chi connectivity index (χ3v) is 4.63. The summed E-state index contributed by atoms with van der Waals surface area (Å²) in [6.45, 7) is 4.30. The lowest BCUT2D eigenvalue weighted by atomic mass is 9.93. The summed E-state index contributed by atoms with van der Waals surface area (Å²) in [5.74, 6) is 0.00689. The van der Waals surface area contributed by atoms with E-state index in [2.05, 4.69) is 10.3 Å². The summed E-state index contributed by atoms with van der Waals surface area (Å²) < 4.78 is 0. The third-order valence-electron chi connectivity index (χ3n) is 3.49. The fourth-order valence-corrected chi connectivity index (χ4v) is 3.13. The topological polar surface area (TPSA) is 62.2 Å². The highest BCUT2D eigenvalue weighted by Crippen LogP contribution is 2.21. The molecule has 1 aromatic carbocycles. The number of aliphatic hydroxyl groups excluding tert-OH is 1. The second kappa shape index (κ2) is 8.06. The fraction of sp³-hybridized carbons (Fsp3) is 0.412. The van der Waals surface area contributed by atoms with E-state index in [1.54, 1.807) is 13.1 Å².